The van der Waals surface area contributed by atoms with E-state index in [0.29, 0.717) is 28.7 Å². The number of hydrogen-bond donors (Lipinski definition) is 9. The zero-order valence-corrected chi connectivity index (χ0v) is 23.8. The Kier molecular flexibility index (Phi) is 8.38. The molecule has 5 atom stereocenters. The lowest BCUT2D eigenvalue weighted by Crippen LogP contribution is -2.34. The van der Waals surface area contributed by atoms with Crippen molar-refractivity contribution in [2.75, 3.05) is 0 Å². The van der Waals surface area contributed by atoms with Crippen molar-refractivity contribution >= 4 is 0 Å². The molecule has 0 aliphatic carbocycles. The van der Waals surface area contributed by atoms with Crippen LogP contribution in [-0.4, -0.2) is 58.1 Å². The molecule has 6 rings (SSSR count). The van der Waals surface area contributed by atoms with Gasteiger partial charge in [-0.15, -0.1) is 0 Å². The molecule has 0 aromatic heterocycles. The van der Waals surface area contributed by atoms with Crippen LogP contribution in [0.15, 0.2) is 65.8 Å². The van der Waals surface area contributed by atoms with Crippen LogP contribution in [0.5, 0.6) is 57.5 Å². The molecular weight excluding hydrogens is 590 g/mol. The Morgan fingerprint density at radius 2 is 1.20 bits per heavy atom. The van der Waals surface area contributed by atoms with Crippen LogP contribution in [0.2, 0.25) is 0 Å². The fraction of sp³-hybridized carbons (Fsp3) is 0.250. The monoisotopic (exact) mass is 621 g/mol. The van der Waals surface area contributed by atoms with Crippen LogP contribution in [0.25, 0.3) is 0 Å². The molecule has 13 heteroatoms. The highest BCUT2D eigenvalue weighted by Crippen LogP contribution is 2.49. The molecule has 0 saturated carbocycles. The van der Waals surface area contributed by atoms with Gasteiger partial charge < -0.3 is 55.4 Å². The highest BCUT2D eigenvalue weighted by molar-refractivity contribution is 5.55. The van der Waals surface area contributed by atoms with E-state index in [-0.39, 0.29) is 69.8 Å². The topological polar surface area (TPSA) is 230 Å². The lowest BCUT2D eigenvalue weighted by atomic mass is 9.82. The first kappa shape index (κ1) is 30.9. The molecule has 2 aliphatic heterocycles. The molecule has 9 N–H and O–H groups in total. The number of aliphatic hydroxyl groups excluding tert-OH is 1. The first-order chi connectivity index (χ1) is 21.4. The molecule has 0 radical (unpaired) electrons. The minimum atomic E-state index is -0.952. The number of rotatable bonds is 4. The Balaban J connectivity index is 0.000000178. The molecule has 0 amide bonds. The second-order valence-electron chi connectivity index (χ2n) is 10.8. The van der Waals surface area contributed by atoms with Crippen LogP contribution >= 0.6 is 0 Å². The average molecular weight is 622 g/mol. The summed E-state index contributed by atoms with van der Waals surface area (Å²) in [5.41, 5.74) is 1.78. The number of aliphatic hydroxyl groups is 1. The standard InChI is InChI=1S/C17H18O6.C15H13NO6/c1-2-10-15-13(21)6-9(18)7-14(15)23-17(16(10)22)8-3-4-11(19)12(20)5-8;17-8-4-12(19)9-6-10(16-21)15(22-14(9)5-8)7-1-2-11(18)13(20)3-7/h3-7,10,16-22H,2H2,1H3;1-5,10,15,17-20H,6H2/t10-,16-,17-;10-,15-/m11/s1. The number of phenolic OH excluding ortho intramolecular Hbond substituents is 8. The SMILES string of the molecule is CC[C@@H]1c2c(O)cc(O)cc2O[C@H](c2ccc(O)c(O)c2)[C@@H]1O.O=N[C@@H]1Cc2c(O)cc(O)cc2O[C@@H]1c1ccc(O)c(O)c1. The van der Waals surface area contributed by atoms with Gasteiger partial charge >= 0.3 is 0 Å². The molecule has 4 aromatic rings. The summed E-state index contributed by atoms with van der Waals surface area (Å²) in [5, 5.41) is 90.8. The highest BCUT2D eigenvalue weighted by Gasteiger charge is 2.39. The van der Waals surface area contributed by atoms with Crippen LogP contribution < -0.4 is 9.47 Å². The number of nitroso groups, excluding NO2 is 1. The van der Waals surface area contributed by atoms with E-state index in [1.165, 1.54) is 48.5 Å². The third kappa shape index (κ3) is 5.97. The maximum absolute atomic E-state index is 11.1. The maximum Gasteiger partial charge on any atom is 0.157 e. The minimum Gasteiger partial charge on any atom is -0.508 e. The van der Waals surface area contributed by atoms with Crippen molar-refractivity contribution in [3.8, 4) is 57.5 Å². The molecule has 0 spiro atoms. The van der Waals surface area contributed by atoms with Gasteiger partial charge in [0, 0.05) is 47.7 Å². The second kappa shape index (κ2) is 12.2. The Bertz CT molecular complexity index is 1740. The maximum atomic E-state index is 11.1. The van der Waals surface area contributed by atoms with Crippen molar-refractivity contribution < 1.29 is 55.4 Å². The summed E-state index contributed by atoms with van der Waals surface area (Å²) in [5.74, 6) is -1.65. The van der Waals surface area contributed by atoms with Crippen molar-refractivity contribution in [3.05, 3.63) is 87.8 Å². The van der Waals surface area contributed by atoms with Gasteiger partial charge in [0.2, 0.25) is 0 Å². The van der Waals surface area contributed by atoms with Crippen molar-refractivity contribution in [3.63, 3.8) is 0 Å². The van der Waals surface area contributed by atoms with E-state index in [1.807, 2.05) is 6.92 Å². The van der Waals surface area contributed by atoms with Gasteiger partial charge in [0.25, 0.3) is 0 Å². The van der Waals surface area contributed by atoms with Gasteiger partial charge in [-0.2, -0.15) is 4.91 Å². The number of nitrogens with zero attached hydrogens (tertiary/aromatic N) is 1. The van der Waals surface area contributed by atoms with Gasteiger partial charge in [-0.05, 0) is 41.8 Å². The van der Waals surface area contributed by atoms with E-state index in [4.69, 9.17) is 9.47 Å². The van der Waals surface area contributed by atoms with Gasteiger partial charge in [-0.3, -0.25) is 0 Å². The van der Waals surface area contributed by atoms with Gasteiger partial charge in [0.15, 0.2) is 29.1 Å². The molecular formula is C32H31NO12. The summed E-state index contributed by atoms with van der Waals surface area (Å²) in [7, 11) is 0. The van der Waals surface area contributed by atoms with Crippen LogP contribution in [0.1, 0.15) is 53.7 Å². The van der Waals surface area contributed by atoms with Crippen molar-refractivity contribution in [2.45, 2.75) is 50.0 Å². The summed E-state index contributed by atoms with van der Waals surface area (Å²) in [4.78, 5) is 11.1. The number of aromatic hydroxyl groups is 8. The van der Waals surface area contributed by atoms with E-state index < -0.39 is 24.4 Å². The minimum absolute atomic E-state index is 0.127. The number of phenols is 8. The van der Waals surface area contributed by atoms with Crippen molar-refractivity contribution in [1.29, 1.82) is 0 Å². The van der Waals surface area contributed by atoms with E-state index in [2.05, 4.69) is 5.18 Å². The van der Waals surface area contributed by atoms with Gasteiger partial charge in [-0.1, -0.05) is 24.2 Å². The Morgan fingerprint density at radius 1 is 0.667 bits per heavy atom. The first-order valence-electron chi connectivity index (χ1n) is 13.9. The molecule has 2 aliphatic rings. The van der Waals surface area contributed by atoms with E-state index >= 15 is 0 Å². The summed E-state index contributed by atoms with van der Waals surface area (Å²) >= 11 is 0. The molecule has 45 heavy (non-hydrogen) atoms. The summed E-state index contributed by atoms with van der Waals surface area (Å²) in [6, 6.07) is 12.5. The molecule has 13 nitrogen and oxygen atoms in total. The lowest BCUT2D eigenvalue weighted by molar-refractivity contribution is -0.00241. The van der Waals surface area contributed by atoms with Crippen LogP contribution in [0, 0.1) is 4.91 Å². The number of benzene rings is 4. The van der Waals surface area contributed by atoms with E-state index in [1.54, 1.807) is 6.07 Å². The largest absolute Gasteiger partial charge is 0.508 e. The normalized spacial score (nSPS) is 21.6. The average Bonchev–Trinajstić information content (AvgIpc) is 2.99. The first-order valence-corrected chi connectivity index (χ1v) is 13.9. The predicted octanol–water partition coefficient (Wildman–Crippen LogP) is 4.82. The smallest absolute Gasteiger partial charge is 0.157 e. The molecule has 0 unspecified atom stereocenters. The molecule has 0 bridgehead atoms. The highest BCUT2D eigenvalue weighted by atomic mass is 16.5. The lowest BCUT2D eigenvalue weighted by Gasteiger charge is -2.37. The summed E-state index contributed by atoms with van der Waals surface area (Å²) in [6.07, 6.45) is -1.85. The third-order valence-corrected chi connectivity index (χ3v) is 7.87. The van der Waals surface area contributed by atoms with Crippen molar-refractivity contribution in [2.24, 2.45) is 5.18 Å². The fourth-order valence-electron chi connectivity index (χ4n) is 5.64. The second-order valence-corrected chi connectivity index (χ2v) is 10.8. The molecule has 4 aromatic carbocycles. The van der Waals surface area contributed by atoms with Gasteiger partial charge in [-0.25, -0.2) is 0 Å². The molecule has 2 heterocycles. The molecule has 0 saturated heterocycles. The van der Waals surface area contributed by atoms with Crippen molar-refractivity contribution in [1.82, 2.24) is 0 Å². The van der Waals surface area contributed by atoms with Gasteiger partial charge in [0.05, 0.1) is 0 Å². The number of fused-ring (bicyclic) bond motifs is 2. The zero-order chi connectivity index (χ0) is 32.6. The predicted molar refractivity (Wildman–Crippen MR) is 158 cm³/mol. The Hall–Kier alpha value is -5.56. The Morgan fingerprint density at radius 3 is 1.76 bits per heavy atom. The molecule has 236 valence electrons. The van der Waals surface area contributed by atoms with Crippen LogP contribution in [0.4, 0.5) is 0 Å². The van der Waals surface area contributed by atoms with Crippen LogP contribution in [0.3, 0.4) is 0 Å². The fourth-order valence-corrected chi connectivity index (χ4v) is 5.64. The summed E-state index contributed by atoms with van der Waals surface area (Å²) in [6.45, 7) is 1.88. The van der Waals surface area contributed by atoms with E-state index in [0.717, 1.165) is 6.07 Å². The van der Waals surface area contributed by atoms with E-state index in [9.17, 15) is 50.9 Å². The third-order valence-electron chi connectivity index (χ3n) is 7.87. The van der Waals surface area contributed by atoms with Crippen LogP contribution in [-0.2, 0) is 6.42 Å². The molecule has 0 fully saturated rings. The Labute approximate surface area is 256 Å². The van der Waals surface area contributed by atoms with Gasteiger partial charge in [0.1, 0.15) is 52.7 Å². The summed E-state index contributed by atoms with van der Waals surface area (Å²) < 4.78 is 11.4. The quantitative estimate of drug-likeness (QED) is 0.110. The number of hydrogen-bond acceptors (Lipinski definition) is 13. The number of ether oxygens (including phenoxy) is 2. The zero-order valence-electron chi connectivity index (χ0n) is 23.8.